The zero-order valence-electron chi connectivity index (χ0n) is 15.0. The molecule has 6 heteroatoms. The molecule has 25 heavy (non-hydrogen) atoms. The number of nitrogens with zero attached hydrogens (tertiary/aromatic N) is 3. The minimum Gasteiger partial charge on any atom is -0.493 e. The summed E-state index contributed by atoms with van der Waals surface area (Å²) in [7, 11) is 3.36. The Balaban J connectivity index is 1.62. The Hall–Kier alpha value is -2.05. The van der Waals surface area contributed by atoms with Crippen molar-refractivity contribution in [3.63, 3.8) is 0 Å². The lowest BCUT2D eigenvalue weighted by Gasteiger charge is -2.32. The Kier molecular flexibility index (Phi) is 5.94. The van der Waals surface area contributed by atoms with Crippen LogP contribution in [-0.4, -0.2) is 53.7 Å². The van der Waals surface area contributed by atoms with Gasteiger partial charge in [-0.1, -0.05) is 12.1 Å². The fraction of sp³-hybridized carbons (Fsp3) is 0.526. The molecule has 1 aliphatic rings. The topological polar surface area (TPSA) is 59.8 Å². The summed E-state index contributed by atoms with van der Waals surface area (Å²) in [6.07, 6.45) is 4.03. The molecule has 136 valence electrons. The molecular weight excluding hydrogens is 318 g/mol. The number of rotatable bonds is 7. The molecule has 0 saturated carbocycles. The Bertz CT molecular complexity index is 678. The molecule has 0 amide bonds. The van der Waals surface area contributed by atoms with Crippen molar-refractivity contribution in [2.75, 3.05) is 33.9 Å². The number of aliphatic hydroxyl groups is 1. The van der Waals surface area contributed by atoms with Gasteiger partial charge in [-0.15, -0.1) is 0 Å². The van der Waals surface area contributed by atoms with Gasteiger partial charge in [0.25, 0.3) is 0 Å². The third-order valence-electron chi connectivity index (χ3n) is 4.95. The van der Waals surface area contributed by atoms with Crippen LogP contribution in [0.1, 0.15) is 30.0 Å². The second-order valence-corrected chi connectivity index (χ2v) is 6.41. The van der Waals surface area contributed by atoms with Gasteiger partial charge in [0.05, 0.1) is 27.4 Å². The van der Waals surface area contributed by atoms with E-state index >= 15 is 0 Å². The maximum Gasteiger partial charge on any atom is 0.165 e. The van der Waals surface area contributed by atoms with Crippen LogP contribution < -0.4 is 9.47 Å². The zero-order chi connectivity index (χ0) is 17.6. The first kappa shape index (κ1) is 17.8. The van der Waals surface area contributed by atoms with E-state index in [-0.39, 0.29) is 6.61 Å². The highest BCUT2D eigenvalue weighted by Crippen LogP contribution is 2.33. The molecule has 0 atom stereocenters. The fourth-order valence-corrected chi connectivity index (χ4v) is 3.68. The maximum absolute atomic E-state index is 9.17. The third kappa shape index (κ3) is 3.96. The van der Waals surface area contributed by atoms with Crippen LogP contribution in [0.5, 0.6) is 11.5 Å². The molecule has 1 N–H and O–H groups in total. The molecule has 0 unspecified atom stereocenters. The smallest absolute Gasteiger partial charge is 0.165 e. The van der Waals surface area contributed by atoms with Crippen LogP contribution in [0.15, 0.2) is 30.5 Å². The van der Waals surface area contributed by atoms with E-state index in [0.717, 1.165) is 49.5 Å². The van der Waals surface area contributed by atoms with Gasteiger partial charge in [-0.2, -0.15) is 5.10 Å². The standard InChI is InChI=1S/C19H27N3O3/c1-24-18-5-3-4-16(19(18)25-2)14-21-10-7-15(8-11-21)17-6-9-20-22(17)12-13-23/h3-6,9,15,23H,7-8,10-14H2,1-2H3. The molecule has 0 bridgehead atoms. The predicted molar refractivity (Wildman–Crippen MR) is 96.1 cm³/mol. The first-order chi connectivity index (χ1) is 12.3. The molecule has 1 aromatic heterocycles. The van der Waals surface area contributed by atoms with Crippen molar-refractivity contribution in [2.24, 2.45) is 0 Å². The van der Waals surface area contributed by atoms with Crippen molar-refractivity contribution in [2.45, 2.75) is 31.8 Å². The summed E-state index contributed by atoms with van der Waals surface area (Å²) in [6.45, 7) is 3.64. The number of ether oxygens (including phenoxy) is 2. The van der Waals surface area contributed by atoms with E-state index in [1.807, 2.05) is 23.0 Å². The lowest BCUT2D eigenvalue weighted by molar-refractivity contribution is 0.196. The molecule has 3 rings (SSSR count). The largest absolute Gasteiger partial charge is 0.493 e. The number of methoxy groups -OCH3 is 2. The third-order valence-corrected chi connectivity index (χ3v) is 4.95. The van der Waals surface area contributed by atoms with Gasteiger partial charge in [0.15, 0.2) is 11.5 Å². The summed E-state index contributed by atoms with van der Waals surface area (Å²) < 4.78 is 12.9. The minimum absolute atomic E-state index is 0.128. The van der Waals surface area contributed by atoms with Crippen molar-refractivity contribution in [3.8, 4) is 11.5 Å². The molecule has 1 saturated heterocycles. The normalized spacial score (nSPS) is 16.1. The van der Waals surface area contributed by atoms with Gasteiger partial charge >= 0.3 is 0 Å². The molecular formula is C19H27N3O3. The summed E-state index contributed by atoms with van der Waals surface area (Å²) in [5, 5.41) is 13.5. The quantitative estimate of drug-likeness (QED) is 0.834. The summed E-state index contributed by atoms with van der Waals surface area (Å²) in [6, 6.07) is 8.12. The van der Waals surface area contributed by atoms with Gasteiger partial charge in [-0.05, 0) is 38.1 Å². The molecule has 0 spiro atoms. The maximum atomic E-state index is 9.17. The zero-order valence-corrected chi connectivity index (χ0v) is 15.0. The average molecular weight is 345 g/mol. The van der Waals surface area contributed by atoms with Gasteiger partial charge in [-0.3, -0.25) is 9.58 Å². The number of benzene rings is 1. The summed E-state index contributed by atoms with van der Waals surface area (Å²) in [5.41, 5.74) is 2.40. The van der Waals surface area contributed by atoms with Crippen molar-refractivity contribution in [1.82, 2.24) is 14.7 Å². The van der Waals surface area contributed by atoms with Crippen molar-refractivity contribution >= 4 is 0 Å². The van der Waals surface area contributed by atoms with Crippen molar-refractivity contribution in [3.05, 3.63) is 41.7 Å². The van der Waals surface area contributed by atoms with E-state index < -0.39 is 0 Å². The monoisotopic (exact) mass is 345 g/mol. The number of likely N-dealkylation sites (tertiary alicyclic amines) is 1. The lowest BCUT2D eigenvalue weighted by atomic mass is 9.93. The second kappa shape index (κ2) is 8.36. The number of hydrogen-bond donors (Lipinski definition) is 1. The van der Waals surface area contributed by atoms with Gasteiger partial charge in [-0.25, -0.2) is 0 Å². The summed E-state index contributed by atoms with van der Waals surface area (Å²) >= 11 is 0. The molecule has 2 aromatic rings. The van der Waals surface area contributed by atoms with Gasteiger partial charge < -0.3 is 14.6 Å². The number of piperidine rings is 1. The van der Waals surface area contributed by atoms with Crippen LogP contribution in [-0.2, 0) is 13.1 Å². The summed E-state index contributed by atoms with van der Waals surface area (Å²) in [5.74, 6) is 2.12. The molecule has 6 nitrogen and oxygen atoms in total. The number of aromatic nitrogens is 2. The van der Waals surface area contributed by atoms with E-state index in [1.54, 1.807) is 14.2 Å². The van der Waals surface area contributed by atoms with Crippen LogP contribution in [0.25, 0.3) is 0 Å². The predicted octanol–water partition coefficient (Wildman–Crippen LogP) is 2.27. The number of hydrogen-bond acceptors (Lipinski definition) is 5. The van der Waals surface area contributed by atoms with Crippen LogP contribution >= 0.6 is 0 Å². The van der Waals surface area contributed by atoms with Crippen LogP contribution in [0.2, 0.25) is 0 Å². The van der Waals surface area contributed by atoms with Crippen molar-refractivity contribution in [1.29, 1.82) is 0 Å². The van der Waals surface area contributed by atoms with Crippen molar-refractivity contribution < 1.29 is 14.6 Å². The Morgan fingerprint density at radius 2 is 1.96 bits per heavy atom. The SMILES string of the molecule is COc1cccc(CN2CCC(c3ccnn3CCO)CC2)c1OC. The Morgan fingerprint density at radius 1 is 1.16 bits per heavy atom. The van der Waals surface area contributed by atoms with E-state index in [4.69, 9.17) is 14.6 Å². The number of para-hydroxylation sites is 1. The highest BCUT2D eigenvalue weighted by molar-refractivity contribution is 5.46. The van der Waals surface area contributed by atoms with Gasteiger partial charge in [0.2, 0.25) is 0 Å². The van der Waals surface area contributed by atoms with E-state index in [9.17, 15) is 0 Å². The minimum atomic E-state index is 0.128. The highest BCUT2D eigenvalue weighted by atomic mass is 16.5. The molecule has 1 aliphatic heterocycles. The van der Waals surface area contributed by atoms with Gasteiger partial charge in [0.1, 0.15) is 0 Å². The Morgan fingerprint density at radius 3 is 2.64 bits per heavy atom. The average Bonchev–Trinajstić information content (AvgIpc) is 3.10. The molecule has 1 fully saturated rings. The van der Waals surface area contributed by atoms with Crippen LogP contribution in [0.3, 0.4) is 0 Å². The van der Waals surface area contributed by atoms with E-state index in [2.05, 4.69) is 22.1 Å². The number of aliphatic hydroxyl groups excluding tert-OH is 1. The second-order valence-electron chi connectivity index (χ2n) is 6.41. The molecule has 2 heterocycles. The van der Waals surface area contributed by atoms with E-state index in [1.165, 1.54) is 5.69 Å². The summed E-state index contributed by atoms with van der Waals surface area (Å²) in [4.78, 5) is 2.46. The Labute approximate surface area is 149 Å². The van der Waals surface area contributed by atoms with E-state index in [0.29, 0.717) is 12.5 Å². The lowest BCUT2D eigenvalue weighted by Crippen LogP contribution is -2.33. The first-order valence-electron chi connectivity index (χ1n) is 8.81. The molecule has 0 aliphatic carbocycles. The first-order valence-corrected chi connectivity index (χ1v) is 8.81. The van der Waals surface area contributed by atoms with Crippen LogP contribution in [0.4, 0.5) is 0 Å². The molecule has 0 radical (unpaired) electrons. The fourth-order valence-electron chi connectivity index (χ4n) is 3.68. The van der Waals surface area contributed by atoms with Gasteiger partial charge in [0, 0.05) is 29.9 Å². The molecule has 1 aromatic carbocycles. The van der Waals surface area contributed by atoms with Crippen LogP contribution in [0, 0.1) is 0 Å². The highest BCUT2D eigenvalue weighted by Gasteiger charge is 2.24.